The molecule has 2 aromatic rings. The van der Waals surface area contributed by atoms with Gasteiger partial charge in [-0.1, -0.05) is 0 Å². The van der Waals surface area contributed by atoms with E-state index < -0.39 is 10.0 Å². The van der Waals surface area contributed by atoms with Crippen LogP contribution in [0.1, 0.15) is 6.92 Å². The van der Waals surface area contributed by atoms with Crippen LogP contribution in [0.2, 0.25) is 0 Å². The summed E-state index contributed by atoms with van der Waals surface area (Å²) in [6, 6.07) is 6.12. The fourth-order valence-electron chi connectivity index (χ4n) is 1.59. The molecule has 0 saturated carbocycles. The Morgan fingerprint density at radius 1 is 1.24 bits per heavy atom. The molecule has 2 rings (SSSR count). The minimum absolute atomic E-state index is 0.0684. The molecular weight excluding hydrogens is 313 g/mol. The number of benzene rings is 1. The Kier molecular flexibility index (Phi) is 5.27. The lowest BCUT2D eigenvalue weighted by atomic mass is 10.2. The van der Waals surface area contributed by atoms with E-state index in [2.05, 4.69) is 15.0 Å². The summed E-state index contributed by atoms with van der Waals surface area (Å²) < 4.78 is 37.8. The molecule has 0 aliphatic carbocycles. The molecule has 0 aliphatic heterocycles. The van der Waals surface area contributed by atoms with Gasteiger partial charge in [0.05, 0.1) is 11.4 Å². The minimum Gasteiger partial charge on any atom is -0.360 e. The number of sulfonamides is 1. The summed E-state index contributed by atoms with van der Waals surface area (Å²) in [6.45, 7) is 2.35. The van der Waals surface area contributed by atoms with Gasteiger partial charge in [0.15, 0.2) is 5.13 Å². The van der Waals surface area contributed by atoms with Gasteiger partial charge in [-0.3, -0.25) is 0 Å². The molecule has 5 nitrogen and oxygen atoms in total. The molecule has 0 spiro atoms. The average molecular weight is 329 g/mol. The highest BCUT2D eigenvalue weighted by Gasteiger charge is 2.06. The van der Waals surface area contributed by atoms with Crippen molar-refractivity contribution in [3.8, 4) is 11.3 Å². The van der Waals surface area contributed by atoms with E-state index in [9.17, 15) is 12.8 Å². The summed E-state index contributed by atoms with van der Waals surface area (Å²) in [7, 11) is -3.16. The third kappa shape index (κ3) is 4.76. The summed E-state index contributed by atoms with van der Waals surface area (Å²) in [6.07, 6.45) is 0. The second-order valence-corrected chi connectivity index (χ2v) is 7.22. The van der Waals surface area contributed by atoms with Crippen LogP contribution in [0.3, 0.4) is 0 Å². The van der Waals surface area contributed by atoms with Gasteiger partial charge in [-0.05, 0) is 31.2 Å². The van der Waals surface area contributed by atoms with E-state index >= 15 is 0 Å². The third-order valence-electron chi connectivity index (χ3n) is 2.75. The zero-order valence-corrected chi connectivity index (χ0v) is 13.1. The highest BCUT2D eigenvalue weighted by molar-refractivity contribution is 7.89. The van der Waals surface area contributed by atoms with Crippen LogP contribution >= 0.6 is 11.3 Å². The molecule has 0 amide bonds. The molecule has 0 fully saturated rings. The fourth-order valence-corrected chi connectivity index (χ4v) is 2.95. The molecule has 0 radical (unpaired) electrons. The van der Waals surface area contributed by atoms with Crippen LogP contribution in [0.25, 0.3) is 11.3 Å². The van der Waals surface area contributed by atoms with Crippen molar-refractivity contribution in [2.45, 2.75) is 6.92 Å². The zero-order valence-electron chi connectivity index (χ0n) is 11.5. The summed E-state index contributed by atoms with van der Waals surface area (Å²) in [5, 5.41) is 5.62. The molecule has 8 heteroatoms. The smallest absolute Gasteiger partial charge is 0.211 e. The van der Waals surface area contributed by atoms with Crippen LogP contribution in [0.5, 0.6) is 0 Å². The Bertz CT molecular complexity index is 684. The largest absolute Gasteiger partial charge is 0.360 e. The number of thiazole rings is 1. The summed E-state index contributed by atoms with van der Waals surface area (Å²) in [5.41, 5.74) is 1.60. The van der Waals surface area contributed by atoms with E-state index in [1.165, 1.54) is 23.5 Å². The number of nitrogens with one attached hydrogen (secondary N) is 2. The van der Waals surface area contributed by atoms with Gasteiger partial charge in [0.2, 0.25) is 10.0 Å². The van der Waals surface area contributed by atoms with Crippen LogP contribution in [-0.4, -0.2) is 32.2 Å². The van der Waals surface area contributed by atoms with E-state index in [-0.39, 0.29) is 11.6 Å². The standard InChI is InChI=1S/C13H16FN3O2S2/c1-2-21(18,19)16-8-7-15-13-17-12(9-20-13)10-3-5-11(14)6-4-10/h3-6,9,16H,2,7-8H2,1H3,(H,15,17). The molecule has 0 bridgehead atoms. The van der Waals surface area contributed by atoms with Crippen LogP contribution in [0.4, 0.5) is 9.52 Å². The number of halogens is 1. The average Bonchev–Trinajstić information content (AvgIpc) is 2.93. The monoisotopic (exact) mass is 329 g/mol. The maximum atomic E-state index is 12.9. The lowest BCUT2D eigenvalue weighted by molar-refractivity contribution is 0.584. The molecule has 0 atom stereocenters. The molecule has 2 N–H and O–H groups in total. The Morgan fingerprint density at radius 3 is 2.62 bits per heavy atom. The number of anilines is 1. The second-order valence-electron chi connectivity index (χ2n) is 4.27. The zero-order chi connectivity index (χ0) is 15.3. The number of aromatic nitrogens is 1. The van der Waals surface area contributed by atoms with Crippen molar-refractivity contribution in [2.24, 2.45) is 0 Å². The normalized spacial score (nSPS) is 11.5. The van der Waals surface area contributed by atoms with Crippen molar-refractivity contribution in [1.82, 2.24) is 9.71 Å². The predicted molar refractivity (Wildman–Crippen MR) is 83.5 cm³/mol. The highest BCUT2D eigenvalue weighted by Crippen LogP contribution is 2.24. The van der Waals surface area contributed by atoms with Crippen molar-refractivity contribution in [1.29, 1.82) is 0 Å². The van der Waals surface area contributed by atoms with Crippen LogP contribution < -0.4 is 10.0 Å². The predicted octanol–water partition coefficient (Wildman–Crippen LogP) is 2.30. The van der Waals surface area contributed by atoms with Gasteiger partial charge in [-0.2, -0.15) is 0 Å². The first kappa shape index (κ1) is 15.9. The number of rotatable bonds is 7. The minimum atomic E-state index is -3.16. The van der Waals surface area contributed by atoms with Crippen molar-refractivity contribution in [3.63, 3.8) is 0 Å². The van der Waals surface area contributed by atoms with Gasteiger partial charge in [-0.25, -0.2) is 22.5 Å². The van der Waals surface area contributed by atoms with Crippen LogP contribution in [0.15, 0.2) is 29.6 Å². The van der Waals surface area contributed by atoms with Gasteiger partial charge in [0.1, 0.15) is 5.82 Å². The summed E-state index contributed by atoms with van der Waals surface area (Å²) >= 11 is 1.42. The topological polar surface area (TPSA) is 71.1 Å². The fraction of sp³-hybridized carbons (Fsp3) is 0.308. The first-order chi connectivity index (χ1) is 10.00. The maximum absolute atomic E-state index is 12.9. The molecule has 0 saturated heterocycles. The second kappa shape index (κ2) is 6.97. The molecule has 0 unspecified atom stereocenters. The first-order valence-corrected chi connectivity index (χ1v) is 8.96. The summed E-state index contributed by atoms with van der Waals surface area (Å²) in [4.78, 5) is 4.37. The van der Waals surface area contributed by atoms with E-state index in [1.807, 2.05) is 5.38 Å². The van der Waals surface area contributed by atoms with Gasteiger partial charge >= 0.3 is 0 Å². The van der Waals surface area contributed by atoms with Crippen LogP contribution in [-0.2, 0) is 10.0 Å². The third-order valence-corrected chi connectivity index (χ3v) is 4.95. The molecule has 21 heavy (non-hydrogen) atoms. The molecule has 1 aromatic heterocycles. The van der Waals surface area contributed by atoms with E-state index in [1.54, 1.807) is 19.1 Å². The number of hydrogen-bond donors (Lipinski definition) is 2. The van der Waals surface area contributed by atoms with Gasteiger partial charge in [-0.15, -0.1) is 11.3 Å². The first-order valence-electron chi connectivity index (χ1n) is 6.43. The van der Waals surface area contributed by atoms with Gasteiger partial charge < -0.3 is 5.32 Å². The lowest BCUT2D eigenvalue weighted by Gasteiger charge is -2.04. The Hall–Kier alpha value is -1.51. The molecular formula is C13H16FN3O2S2. The quantitative estimate of drug-likeness (QED) is 0.765. The Labute approximate surface area is 127 Å². The van der Waals surface area contributed by atoms with Crippen molar-refractivity contribution in [3.05, 3.63) is 35.5 Å². The lowest BCUT2D eigenvalue weighted by Crippen LogP contribution is -2.30. The molecule has 0 aliphatic rings. The van der Waals surface area contributed by atoms with Crippen LogP contribution in [0, 0.1) is 5.82 Å². The number of nitrogens with zero attached hydrogens (tertiary/aromatic N) is 1. The van der Waals surface area contributed by atoms with E-state index in [0.717, 1.165) is 11.3 Å². The van der Waals surface area contributed by atoms with Crippen molar-refractivity contribution >= 4 is 26.5 Å². The molecule has 1 heterocycles. The molecule has 114 valence electrons. The van der Waals surface area contributed by atoms with Crippen molar-refractivity contribution < 1.29 is 12.8 Å². The highest BCUT2D eigenvalue weighted by atomic mass is 32.2. The van der Waals surface area contributed by atoms with Gasteiger partial charge in [0, 0.05) is 24.0 Å². The SMILES string of the molecule is CCS(=O)(=O)NCCNc1nc(-c2ccc(F)cc2)cs1. The van der Waals surface area contributed by atoms with Gasteiger partial charge in [0.25, 0.3) is 0 Å². The van der Waals surface area contributed by atoms with Crippen molar-refractivity contribution in [2.75, 3.05) is 24.2 Å². The van der Waals surface area contributed by atoms with E-state index in [4.69, 9.17) is 0 Å². The maximum Gasteiger partial charge on any atom is 0.211 e. The summed E-state index contributed by atoms with van der Waals surface area (Å²) in [5.74, 6) is -0.213. The Balaban J connectivity index is 1.87. The van der Waals surface area contributed by atoms with E-state index in [0.29, 0.717) is 18.2 Å². The Morgan fingerprint density at radius 2 is 1.95 bits per heavy atom. The molecule has 1 aromatic carbocycles. The number of hydrogen-bond acceptors (Lipinski definition) is 5.